The Kier molecular flexibility index (Phi) is 3.09. The Balaban J connectivity index is 2.19. The molecule has 19 heavy (non-hydrogen) atoms. The van der Waals surface area contributed by atoms with Crippen molar-refractivity contribution in [3.05, 3.63) is 53.9 Å². The molecule has 0 amide bonds. The average Bonchev–Trinajstić information content (AvgIpc) is 2.81. The van der Waals surface area contributed by atoms with Crippen molar-refractivity contribution in [2.45, 2.75) is 20.0 Å². The number of pyridine rings is 1. The molecule has 0 bridgehead atoms. The largest absolute Gasteiger partial charge is 0.389 e. The Labute approximate surface area is 116 Å². The molecule has 2 heterocycles. The molecule has 0 saturated heterocycles. The molecular weight excluding hydrogens is 254 g/mol. The van der Waals surface area contributed by atoms with Crippen molar-refractivity contribution in [2.24, 2.45) is 0 Å². The second kappa shape index (κ2) is 4.76. The first-order valence-corrected chi connectivity index (χ1v) is 7.09. The number of aliphatic hydroxyl groups is 1. The van der Waals surface area contributed by atoms with E-state index in [4.69, 9.17) is 0 Å². The zero-order chi connectivity index (χ0) is 13.4. The standard InChI is InChI=1S/C16H15NOS/c1-10-3-4-15-12(7-10)8-16(19-15)14-9-17-6-5-13(14)11(2)18/h3-9,11,18H,1-2H3. The van der Waals surface area contributed by atoms with E-state index in [0.29, 0.717) is 0 Å². The van der Waals surface area contributed by atoms with Gasteiger partial charge in [-0.3, -0.25) is 4.98 Å². The van der Waals surface area contributed by atoms with E-state index in [1.54, 1.807) is 24.5 Å². The lowest BCUT2D eigenvalue weighted by Gasteiger charge is -2.09. The maximum Gasteiger partial charge on any atom is 0.0769 e. The van der Waals surface area contributed by atoms with Crippen molar-refractivity contribution in [1.29, 1.82) is 0 Å². The van der Waals surface area contributed by atoms with Gasteiger partial charge in [0.2, 0.25) is 0 Å². The fourth-order valence-electron chi connectivity index (χ4n) is 2.27. The van der Waals surface area contributed by atoms with Crippen LogP contribution in [0.4, 0.5) is 0 Å². The molecule has 1 aromatic carbocycles. The molecule has 1 unspecified atom stereocenters. The summed E-state index contributed by atoms with van der Waals surface area (Å²) in [7, 11) is 0. The number of aryl methyl sites for hydroxylation is 1. The summed E-state index contributed by atoms with van der Waals surface area (Å²) in [5.74, 6) is 0. The monoisotopic (exact) mass is 269 g/mol. The van der Waals surface area contributed by atoms with Crippen LogP contribution in [0.1, 0.15) is 24.2 Å². The van der Waals surface area contributed by atoms with Crippen molar-refractivity contribution in [3.8, 4) is 10.4 Å². The summed E-state index contributed by atoms with van der Waals surface area (Å²) < 4.78 is 1.26. The SMILES string of the molecule is Cc1ccc2sc(-c3cnccc3C(C)O)cc2c1. The van der Waals surface area contributed by atoms with Crippen molar-refractivity contribution >= 4 is 21.4 Å². The highest BCUT2D eigenvalue weighted by molar-refractivity contribution is 7.22. The second-order valence-corrected chi connectivity index (χ2v) is 5.87. The normalized spacial score (nSPS) is 12.8. The molecule has 0 radical (unpaired) electrons. The number of hydrogen-bond acceptors (Lipinski definition) is 3. The van der Waals surface area contributed by atoms with Gasteiger partial charge in [-0.25, -0.2) is 0 Å². The highest BCUT2D eigenvalue weighted by Gasteiger charge is 2.12. The van der Waals surface area contributed by atoms with Gasteiger partial charge >= 0.3 is 0 Å². The van der Waals surface area contributed by atoms with Crippen molar-refractivity contribution < 1.29 is 5.11 Å². The molecule has 3 rings (SSSR count). The van der Waals surface area contributed by atoms with Crippen LogP contribution in [-0.4, -0.2) is 10.1 Å². The molecule has 0 saturated carbocycles. The summed E-state index contributed by atoms with van der Waals surface area (Å²) in [6.07, 6.45) is 3.08. The van der Waals surface area contributed by atoms with Crippen molar-refractivity contribution in [2.75, 3.05) is 0 Å². The van der Waals surface area contributed by atoms with Crippen LogP contribution in [0.25, 0.3) is 20.5 Å². The lowest BCUT2D eigenvalue weighted by atomic mass is 10.0. The Bertz CT molecular complexity index is 730. The lowest BCUT2D eigenvalue weighted by Crippen LogP contribution is -1.94. The third-order valence-corrected chi connectivity index (χ3v) is 4.39. The van der Waals surface area contributed by atoms with Crippen molar-refractivity contribution in [1.82, 2.24) is 4.98 Å². The highest BCUT2D eigenvalue weighted by Crippen LogP contribution is 2.36. The molecule has 96 valence electrons. The lowest BCUT2D eigenvalue weighted by molar-refractivity contribution is 0.200. The molecule has 1 N–H and O–H groups in total. The summed E-state index contributed by atoms with van der Waals surface area (Å²) in [5, 5.41) is 11.1. The zero-order valence-electron chi connectivity index (χ0n) is 10.9. The molecule has 3 heteroatoms. The number of aliphatic hydroxyl groups excluding tert-OH is 1. The van der Waals surface area contributed by atoms with Crippen LogP contribution in [0.3, 0.4) is 0 Å². The minimum atomic E-state index is -0.482. The molecular formula is C16H15NOS. The predicted octanol–water partition coefficient (Wildman–Crippen LogP) is 4.33. The van der Waals surface area contributed by atoms with Crippen LogP contribution in [-0.2, 0) is 0 Å². The maximum absolute atomic E-state index is 9.86. The molecule has 0 fully saturated rings. The van der Waals surface area contributed by atoms with Crippen LogP contribution in [0, 0.1) is 6.92 Å². The molecule has 1 atom stereocenters. The van der Waals surface area contributed by atoms with E-state index >= 15 is 0 Å². The molecule has 2 aromatic heterocycles. The number of aromatic nitrogens is 1. The minimum absolute atomic E-state index is 0.482. The number of benzene rings is 1. The predicted molar refractivity (Wildman–Crippen MR) is 80.4 cm³/mol. The van der Waals surface area contributed by atoms with Gasteiger partial charge in [0, 0.05) is 27.5 Å². The van der Waals surface area contributed by atoms with E-state index in [0.717, 1.165) is 16.0 Å². The van der Waals surface area contributed by atoms with Gasteiger partial charge in [-0.2, -0.15) is 0 Å². The Morgan fingerprint density at radius 1 is 1.21 bits per heavy atom. The number of nitrogens with zero attached hydrogens (tertiary/aromatic N) is 1. The molecule has 0 aliphatic rings. The maximum atomic E-state index is 9.86. The summed E-state index contributed by atoms with van der Waals surface area (Å²) in [5.41, 5.74) is 3.22. The molecule has 0 spiro atoms. The second-order valence-electron chi connectivity index (χ2n) is 4.79. The van der Waals surface area contributed by atoms with Gasteiger partial charge in [0.15, 0.2) is 0 Å². The summed E-state index contributed by atoms with van der Waals surface area (Å²) >= 11 is 1.74. The Hall–Kier alpha value is -1.71. The third-order valence-electron chi connectivity index (χ3n) is 3.24. The molecule has 0 aliphatic carbocycles. The van der Waals surface area contributed by atoms with Gasteiger partial charge in [0.1, 0.15) is 0 Å². The molecule has 0 aliphatic heterocycles. The minimum Gasteiger partial charge on any atom is -0.389 e. The van der Waals surface area contributed by atoms with E-state index in [9.17, 15) is 5.11 Å². The first kappa shape index (κ1) is 12.3. The van der Waals surface area contributed by atoms with Gasteiger partial charge in [-0.15, -0.1) is 11.3 Å². The van der Waals surface area contributed by atoms with Crippen molar-refractivity contribution in [3.63, 3.8) is 0 Å². The van der Waals surface area contributed by atoms with Crippen LogP contribution >= 0.6 is 11.3 Å². The van der Waals surface area contributed by atoms with Gasteiger partial charge in [-0.05, 0) is 43.0 Å². The van der Waals surface area contributed by atoms with Gasteiger partial charge in [0.25, 0.3) is 0 Å². The summed E-state index contributed by atoms with van der Waals surface area (Å²) in [6.45, 7) is 3.89. The van der Waals surface area contributed by atoms with E-state index in [-0.39, 0.29) is 0 Å². The Morgan fingerprint density at radius 2 is 2.05 bits per heavy atom. The van der Waals surface area contributed by atoms with Crippen LogP contribution in [0.5, 0.6) is 0 Å². The third kappa shape index (κ3) is 2.27. The number of fused-ring (bicyclic) bond motifs is 1. The van der Waals surface area contributed by atoms with Gasteiger partial charge in [-0.1, -0.05) is 17.7 Å². The van der Waals surface area contributed by atoms with E-state index in [2.05, 4.69) is 36.2 Å². The average molecular weight is 269 g/mol. The summed E-state index contributed by atoms with van der Waals surface area (Å²) in [4.78, 5) is 5.34. The van der Waals surface area contributed by atoms with Crippen LogP contribution in [0.15, 0.2) is 42.7 Å². The number of thiophene rings is 1. The number of hydrogen-bond donors (Lipinski definition) is 1. The molecule has 3 aromatic rings. The first-order chi connectivity index (χ1) is 9.15. The van der Waals surface area contributed by atoms with E-state index < -0.39 is 6.10 Å². The highest BCUT2D eigenvalue weighted by atomic mass is 32.1. The van der Waals surface area contributed by atoms with Crippen LogP contribution < -0.4 is 0 Å². The smallest absolute Gasteiger partial charge is 0.0769 e. The van der Waals surface area contributed by atoms with Gasteiger partial charge in [0.05, 0.1) is 6.10 Å². The molecule has 2 nitrogen and oxygen atoms in total. The van der Waals surface area contributed by atoms with E-state index in [1.165, 1.54) is 15.6 Å². The quantitative estimate of drug-likeness (QED) is 0.751. The number of rotatable bonds is 2. The van der Waals surface area contributed by atoms with Crippen LogP contribution in [0.2, 0.25) is 0 Å². The first-order valence-electron chi connectivity index (χ1n) is 6.27. The topological polar surface area (TPSA) is 33.1 Å². The summed E-state index contributed by atoms with van der Waals surface area (Å²) in [6, 6.07) is 10.5. The van der Waals surface area contributed by atoms with Gasteiger partial charge < -0.3 is 5.11 Å². The zero-order valence-corrected chi connectivity index (χ0v) is 11.7. The fraction of sp³-hybridized carbons (Fsp3) is 0.188. The van der Waals surface area contributed by atoms with E-state index in [1.807, 2.05) is 12.3 Å². The Morgan fingerprint density at radius 3 is 2.84 bits per heavy atom. The fourth-order valence-corrected chi connectivity index (χ4v) is 3.35.